The summed E-state index contributed by atoms with van der Waals surface area (Å²) in [5.74, 6) is -0.216. The predicted octanol–water partition coefficient (Wildman–Crippen LogP) is 2.75. The van der Waals surface area contributed by atoms with Gasteiger partial charge >= 0.3 is 12.0 Å². The Balaban J connectivity index is 1.68. The van der Waals surface area contributed by atoms with E-state index in [1.807, 2.05) is 4.90 Å². The fraction of sp³-hybridized carbons (Fsp3) is 0.875. The van der Waals surface area contributed by atoms with Crippen molar-refractivity contribution in [1.82, 2.24) is 10.2 Å². The summed E-state index contributed by atoms with van der Waals surface area (Å²) in [6.07, 6.45) is 9.60. The number of nitrogens with one attached hydrogen (secondary N) is 1. The number of carboxylic acids is 1. The maximum atomic E-state index is 12.6. The third-order valence-electron chi connectivity index (χ3n) is 5.11. The summed E-state index contributed by atoms with van der Waals surface area (Å²) >= 11 is 0. The highest BCUT2D eigenvalue weighted by Crippen LogP contribution is 2.35. The summed E-state index contributed by atoms with van der Waals surface area (Å²) in [4.78, 5) is 26.3. The SMILES string of the molecule is O=C(NC1(C(=O)O)CCCCCC1)N(CC1CC1)C1CC1. The van der Waals surface area contributed by atoms with Gasteiger partial charge in [-0.05, 0) is 44.4 Å². The van der Waals surface area contributed by atoms with E-state index < -0.39 is 11.5 Å². The molecule has 3 saturated carbocycles. The first-order valence-corrected chi connectivity index (χ1v) is 8.43. The molecule has 0 radical (unpaired) electrons. The van der Waals surface area contributed by atoms with Crippen LogP contribution in [0, 0.1) is 5.92 Å². The second-order valence-corrected chi connectivity index (χ2v) is 7.06. The van der Waals surface area contributed by atoms with Crippen LogP contribution in [0.15, 0.2) is 0 Å². The van der Waals surface area contributed by atoms with Gasteiger partial charge in [0.25, 0.3) is 0 Å². The Hall–Kier alpha value is -1.26. The molecule has 118 valence electrons. The Morgan fingerprint density at radius 1 is 1.05 bits per heavy atom. The molecule has 0 atom stereocenters. The molecule has 0 saturated heterocycles. The lowest BCUT2D eigenvalue weighted by atomic mass is 9.90. The topological polar surface area (TPSA) is 69.6 Å². The lowest BCUT2D eigenvalue weighted by Crippen LogP contribution is -2.58. The van der Waals surface area contributed by atoms with E-state index in [1.165, 1.54) is 12.8 Å². The van der Waals surface area contributed by atoms with Gasteiger partial charge in [-0.2, -0.15) is 0 Å². The summed E-state index contributed by atoms with van der Waals surface area (Å²) in [6.45, 7) is 0.812. The van der Waals surface area contributed by atoms with Crippen LogP contribution < -0.4 is 5.32 Å². The molecule has 0 aromatic heterocycles. The third kappa shape index (κ3) is 3.50. The largest absolute Gasteiger partial charge is 0.480 e. The number of carbonyl (C=O) groups excluding carboxylic acids is 1. The Bertz CT molecular complexity index is 408. The molecule has 3 aliphatic rings. The number of hydrogen-bond donors (Lipinski definition) is 2. The number of carbonyl (C=O) groups is 2. The van der Waals surface area contributed by atoms with Crippen LogP contribution in [0.3, 0.4) is 0 Å². The first-order valence-electron chi connectivity index (χ1n) is 8.43. The standard InChI is InChI=1S/C16H26N2O3/c19-14(20)16(9-3-1-2-4-10-16)17-15(21)18(13-7-8-13)11-12-5-6-12/h12-13H,1-11H2,(H,17,21)(H,19,20). The maximum Gasteiger partial charge on any atom is 0.329 e. The Kier molecular flexibility index (Phi) is 4.09. The molecule has 0 aliphatic heterocycles. The number of hydrogen-bond acceptors (Lipinski definition) is 2. The van der Waals surface area contributed by atoms with Crippen molar-refractivity contribution in [3.8, 4) is 0 Å². The van der Waals surface area contributed by atoms with E-state index in [4.69, 9.17) is 0 Å². The number of aliphatic carboxylic acids is 1. The van der Waals surface area contributed by atoms with Crippen LogP contribution >= 0.6 is 0 Å². The van der Waals surface area contributed by atoms with Crippen molar-refractivity contribution in [2.75, 3.05) is 6.54 Å². The third-order valence-corrected chi connectivity index (χ3v) is 5.11. The smallest absolute Gasteiger partial charge is 0.329 e. The zero-order valence-corrected chi connectivity index (χ0v) is 12.6. The molecule has 0 unspecified atom stereocenters. The average Bonchev–Trinajstić information content (AvgIpc) is 3.29. The molecule has 3 aliphatic carbocycles. The van der Waals surface area contributed by atoms with E-state index in [0.717, 1.165) is 45.1 Å². The summed E-state index contributed by atoms with van der Waals surface area (Å²) in [7, 11) is 0. The van der Waals surface area contributed by atoms with E-state index in [1.54, 1.807) is 0 Å². The normalized spacial score (nSPS) is 25.0. The van der Waals surface area contributed by atoms with Crippen LogP contribution in [-0.2, 0) is 4.79 Å². The molecule has 2 N–H and O–H groups in total. The molecule has 0 bridgehead atoms. The highest BCUT2D eigenvalue weighted by atomic mass is 16.4. The molecule has 3 fully saturated rings. The van der Waals surface area contributed by atoms with Crippen molar-refractivity contribution in [1.29, 1.82) is 0 Å². The van der Waals surface area contributed by atoms with Gasteiger partial charge in [0.1, 0.15) is 5.54 Å². The molecule has 21 heavy (non-hydrogen) atoms. The lowest BCUT2D eigenvalue weighted by Gasteiger charge is -2.33. The number of urea groups is 1. The van der Waals surface area contributed by atoms with Crippen LogP contribution in [0.5, 0.6) is 0 Å². The van der Waals surface area contributed by atoms with Crippen molar-refractivity contribution in [3.05, 3.63) is 0 Å². The Morgan fingerprint density at radius 2 is 1.67 bits per heavy atom. The van der Waals surface area contributed by atoms with Gasteiger partial charge in [-0.25, -0.2) is 9.59 Å². The number of amides is 2. The van der Waals surface area contributed by atoms with Gasteiger partial charge in [-0.15, -0.1) is 0 Å². The second kappa shape index (κ2) is 5.85. The minimum absolute atomic E-state index is 0.145. The van der Waals surface area contributed by atoms with Crippen LogP contribution in [0.2, 0.25) is 0 Å². The summed E-state index contributed by atoms with van der Waals surface area (Å²) < 4.78 is 0. The fourth-order valence-electron chi connectivity index (χ4n) is 3.36. The first kappa shape index (κ1) is 14.7. The molecule has 0 aromatic rings. The van der Waals surface area contributed by atoms with Gasteiger partial charge in [-0.3, -0.25) is 0 Å². The van der Waals surface area contributed by atoms with Crippen molar-refractivity contribution >= 4 is 12.0 Å². The maximum absolute atomic E-state index is 12.6. The van der Waals surface area contributed by atoms with Gasteiger partial charge < -0.3 is 15.3 Å². The van der Waals surface area contributed by atoms with E-state index >= 15 is 0 Å². The highest BCUT2D eigenvalue weighted by molar-refractivity contribution is 5.86. The second-order valence-electron chi connectivity index (χ2n) is 7.06. The van der Waals surface area contributed by atoms with Crippen molar-refractivity contribution in [2.24, 2.45) is 5.92 Å². The summed E-state index contributed by atoms with van der Waals surface area (Å²) in [5.41, 5.74) is -1.04. The van der Waals surface area contributed by atoms with Crippen molar-refractivity contribution in [3.63, 3.8) is 0 Å². The molecule has 5 nitrogen and oxygen atoms in total. The van der Waals surface area contributed by atoms with Gasteiger partial charge in [0.2, 0.25) is 0 Å². The van der Waals surface area contributed by atoms with Crippen LogP contribution in [0.25, 0.3) is 0 Å². The highest BCUT2D eigenvalue weighted by Gasteiger charge is 2.43. The van der Waals surface area contributed by atoms with E-state index in [0.29, 0.717) is 24.8 Å². The van der Waals surface area contributed by atoms with Crippen molar-refractivity contribution in [2.45, 2.75) is 75.8 Å². The van der Waals surface area contributed by atoms with E-state index in [2.05, 4.69) is 5.32 Å². The molecule has 5 heteroatoms. The van der Waals surface area contributed by atoms with Gasteiger partial charge in [-0.1, -0.05) is 25.7 Å². The quantitative estimate of drug-likeness (QED) is 0.766. The minimum atomic E-state index is -1.04. The number of carboxylic acid groups (broad SMARTS) is 1. The monoisotopic (exact) mass is 294 g/mol. The van der Waals surface area contributed by atoms with Crippen LogP contribution in [0.4, 0.5) is 4.79 Å². The van der Waals surface area contributed by atoms with Crippen LogP contribution in [0.1, 0.15) is 64.2 Å². The molecular weight excluding hydrogens is 268 g/mol. The molecule has 0 heterocycles. The molecule has 0 spiro atoms. The molecule has 3 rings (SSSR count). The number of nitrogens with zero attached hydrogens (tertiary/aromatic N) is 1. The van der Waals surface area contributed by atoms with Gasteiger partial charge in [0.05, 0.1) is 0 Å². The lowest BCUT2D eigenvalue weighted by molar-refractivity contribution is -0.145. The van der Waals surface area contributed by atoms with Crippen molar-refractivity contribution < 1.29 is 14.7 Å². The molecular formula is C16H26N2O3. The van der Waals surface area contributed by atoms with Gasteiger partial charge in [0.15, 0.2) is 0 Å². The van der Waals surface area contributed by atoms with Crippen LogP contribution in [-0.4, -0.2) is 40.1 Å². The number of rotatable bonds is 5. The minimum Gasteiger partial charge on any atom is -0.480 e. The Morgan fingerprint density at radius 3 is 2.14 bits per heavy atom. The summed E-state index contributed by atoms with van der Waals surface area (Å²) in [5, 5.41) is 12.6. The first-order chi connectivity index (χ1) is 10.1. The van der Waals surface area contributed by atoms with E-state index in [-0.39, 0.29) is 6.03 Å². The van der Waals surface area contributed by atoms with E-state index in [9.17, 15) is 14.7 Å². The predicted molar refractivity (Wildman–Crippen MR) is 79.1 cm³/mol. The average molecular weight is 294 g/mol. The Labute approximate surface area is 126 Å². The zero-order valence-electron chi connectivity index (χ0n) is 12.6. The fourth-order valence-corrected chi connectivity index (χ4v) is 3.36. The zero-order chi connectivity index (χ0) is 14.9. The van der Waals surface area contributed by atoms with Gasteiger partial charge in [0, 0.05) is 12.6 Å². The molecule has 0 aromatic carbocycles. The molecule has 2 amide bonds. The summed E-state index contributed by atoms with van der Waals surface area (Å²) in [6, 6.07) is 0.205.